The van der Waals surface area contributed by atoms with Crippen LogP contribution in [0.3, 0.4) is 0 Å². The first-order chi connectivity index (χ1) is 9.74. The van der Waals surface area contributed by atoms with Crippen molar-refractivity contribution in [2.45, 2.75) is 13.0 Å². The third-order valence-electron chi connectivity index (χ3n) is 2.98. The number of methoxy groups -OCH3 is 1. The third kappa shape index (κ3) is 3.74. The van der Waals surface area contributed by atoms with E-state index >= 15 is 0 Å². The van der Waals surface area contributed by atoms with Crippen molar-refractivity contribution in [3.05, 3.63) is 58.1 Å². The lowest BCUT2D eigenvalue weighted by atomic mass is 10.1. The third-order valence-corrected chi connectivity index (χ3v) is 3.72. The highest BCUT2D eigenvalue weighted by Gasteiger charge is 2.10. The second-order valence-electron chi connectivity index (χ2n) is 4.41. The predicted octanol–water partition coefficient (Wildman–Crippen LogP) is 3.54. The standard InChI is InChI=1S/C16H18BrNO2/c1-19-15-10-14(17)13(7-8-18)9-16(15)20-11-12-5-3-2-4-6-12/h2-6,9-10H,7-8,11,18H2,1H3. The molecule has 0 aromatic heterocycles. The highest BCUT2D eigenvalue weighted by Crippen LogP contribution is 2.34. The van der Waals surface area contributed by atoms with Crippen molar-refractivity contribution in [2.24, 2.45) is 5.73 Å². The maximum absolute atomic E-state index is 5.87. The molecule has 0 bridgehead atoms. The van der Waals surface area contributed by atoms with Crippen LogP contribution in [0.4, 0.5) is 0 Å². The van der Waals surface area contributed by atoms with Crippen molar-refractivity contribution in [3.63, 3.8) is 0 Å². The molecule has 0 aliphatic carbocycles. The minimum absolute atomic E-state index is 0.515. The maximum Gasteiger partial charge on any atom is 0.162 e. The van der Waals surface area contributed by atoms with E-state index in [-0.39, 0.29) is 0 Å². The number of halogens is 1. The first-order valence-corrected chi connectivity index (χ1v) is 7.27. The molecule has 0 spiro atoms. The Balaban J connectivity index is 2.18. The molecular formula is C16H18BrNO2. The van der Waals surface area contributed by atoms with Crippen LogP contribution in [-0.2, 0) is 13.0 Å². The van der Waals surface area contributed by atoms with Gasteiger partial charge < -0.3 is 15.2 Å². The van der Waals surface area contributed by atoms with Gasteiger partial charge in [-0.15, -0.1) is 0 Å². The zero-order valence-electron chi connectivity index (χ0n) is 11.4. The molecule has 0 saturated heterocycles. The molecule has 2 rings (SSSR count). The van der Waals surface area contributed by atoms with Gasteiger partial charge in [-0.1, -0.05) is 46.3 Å². The largest absolute Gasteiger partial charge is 0.493 e. The zero-order chi connectivity index (χ0) is 14.4. The lowest BCUT2D eigenvalue weighted by Gasteiger charge is -2.14. The van der Waals surface area contributed by atoms with Crippen LogP contribution in [0.2, 0.25) is 0 Å². The molecule has 0 amide bonds. The van der Waals surface area contributed by atoms with Crippen molar-refractivity contribution >= 4 is 15.9 Å². The van der Waals surface area contributed by atoms with Gasteiger partial charge in [-0.3, -0.25) is 0 Å². The number of hydrogen-bond acceptors (Lipinski definition) is 3. The van der Waals surface area contributed by atoms with Crippen molar-refractivity contribution < 1.29 is 9.47 Å². The summed E-state index contributed by atoms with van der Waals surface area (Å²) in [5.74, 6) is 1.46. The molecule has 2 aromatic carbocycles. The summed E-state index contributed by atoms with van der Waals surface area (Å²) in [5.41, 5.74) is 7.87. The van der Waals surface area contributed by atoms with Gasteiger partial charge in [0.15, 0.2) is 11.5 Å². The predicted molar refractivity (Wildman–Crippen MR) is 84.2 cm³/mol. The summed E-state index contributed by atoms with van der Waals surface area (Å²) in [4.78, 5) is 0. The molecule has 0 radical (unpaired) electrons. The Hall–Kier alpha value is -1.52. The van der Waals surface area contributed by atoms with E-state index in [1.807, 2.05) is 42.5 Å². The average Bonchev–Trinajstić information content (AvgIpc) is 2.48. The molecule has 0 aliphatic rings. The van der Waals surface area contributed by atoms with Crippen molar-refractivity contribution in [2.75, 3.05) is 13.7 Å². The van der Waals surface area contributed by atoms with Crippen LogP contribution >= 0.6 is 15.9 Å². The molecule has 0 heterocycles. The van der Waals surface area contributed by atoms with E-state index in [0.29, 0.717) is 18.9 Å². The summed E-state index contributed by atoms with van der Waals surface area (Å²) < 4.78 is 12.2. The maximum atomic E-state index is 5.87. The van der Waals surface area contributed by atoms with Gasteiger partial charge in [0.25, 0.3) is 0 Å². The Kier molecular flexibility index (Phi) is 5.44. The normalized spacial score (nSPS) is 10.3. The molecule has 106 valence electrons. The van der Waals surface area contributed by atoms with Crippen LogP contribution in [-0.4, -0.2) is 13.7 Å². The molecule has 0 saturated carbocycles. The van der Waals surface area contributed by atoms with Crippen LogP contribution in [0.5, 0.6) is 11.5 Å². The Morgan fingerprint density at radius 1 is 1.10 bits per heavy atom. The van der Waals surface area contributed by atoms with E-state index in [9.17, 15) is 0 Å². The van der Waals surface area contributed by atoms with Gasteiger partial charge in [0, 0.05) is 4.47 Å². The van der Waals surface area contributed by atoms with Gasteiger partial charge in [-0.25, -0.2) is 0 Å². The fraction of sp³-hybridized carbons (Fsp3) is 0.250. The lowest BCUT2D eigenvalue weighted by Crippen LogP contribution is -2.05. The van der Waals surface area contributed by atoms with Gasteiger partial charge in [-0.05, 0) is 36.2 Å². The number of ether oxygens (including phenoxy) is 2. The van der Waals surface area contributed by atoms with E-state index < -0.39 is 0 Å². The Labute approximate surface area is 127 Å². The summed E-state index contributed by atoms with van der Waals surface area (Å²) >= 11 is 3.53. The summed E-state index contributed by atoms with van der Waals surface area (Å²) in [5, 5.41) is 0. The van der Waals surface area contributed by atoms with Crippen LogP contribution in [0, 0.1) is 0 Å². The summed E-state index contributed by atoms with van der Waals surface area (Å²) in [6.07, 6.45) is 0.798. The van der Waals surface area contributed by atoms with E-state index in [1.165, 1.54) is 0 Å². The van der Waals surface area contributed by atoms with Crippen molar-refractivity contribution in [3.8, 4) is 11.5 Å². The van der Waals surface area contributed by atoms with Gasteiger partial charge in [0.2, 0.25) is 0 Å². The van der Waals surface area contributed by atoms with Gasteiger partial charge in [0.05, 0.1) is 7.11 Å². The monoisotopic (exact) mass is 335 g/mol. The van der Waals surface area contributed by atoms with E-state index in [4.69, 9.17) is 15.2 Å². The molecule has 20 heavy (non-hydrogen) atoms. The second kappa shape index (κ2) is 7.31. The molecule has 2 N–H and O–H groups in total. The molecular weight excluding hydrogens is 318 g/mol. The van der Waals surface area contributed by atoms with Crippen LogP contribution in [0.1, 0.15) is 11.1 Å². The SMILES string of the molecule is COc1cc(Br)c(CCN)cc1OCc1ccccc1. The molecule has 0 unspecified atom stereocenters. The van der Waals surface area contributed by atoms with Gasteiger partial charge >= 0.3 is 0 Å². The minimum Gasteiger partial charge on any atom is -0.493 e. The quantitative estimate of drug-likeness (QED) is 0.878. The lowest BCUT2D eigenvalue weighted by molar-refractivity contribution is 0.284. The van der Waals surface area contributed by atoms with Crippen molar-refractivity contribution in [1.29, 1.82) is 0 Å². The smallest absolute Gasteiger partial charge is 0.162 e. The highest BCUT2D eigenvalue weighted by molar-refractivity contribution is 9.10. The summed E-state index contributed by atoms with van der Waals surface area (Å²) in [6.45, 7) is 1.12. The van der Waals surface area contributed by atoms with Gasteiger partial charge in [-0.2, -0.15) is 0 Å². The summed E-state index contributed by atoms with van der Waals surface area (Å²) in [7, 11) is 1.64. The second-order valence-corrected chi connectivity index (χ2v) is 5.26. The van der Waals surface area contributed by atoms with Crippen LogP contribution < -0.4 is 15.2 Å². The first-order valence-electron chi connectivity index (χ1n) is 6.47. The minimum atomic E-state index is 0.515. The molecule has 4 heteroatoms. The topological polar surface area (TPSA) is 44.5 Å². The Bertz CT molecular complexity index is 558. The van der Waals surface area contributed by atoms with Crippen LogP contribution in [0.15, 0.2) is 46.9 Å². The molecule has 0 aliphatic heterocycles. The number of rotatable bonds is 6. The summed E-state index contributed by atoms with van der Waals surface area (Å²) in [6, 6.07) is 14.0. The molecule has 3 nitrogen and oxygen atoms in total. The first kappa shape index (κ1) is 14.9. The highest BCUT2D eigenvalue weighted by atomic mass is 79.9. The van der Waals surface area contributed by atoms with E-state index in [1.54, 1.807) is 7.11 Å². The zero-order valence-corrected chi connectivity index (χ0v) is 13.0. The Morgan fingerprint density at radius 3 is 2.50 bits per heavy atom. The molecule has 0 atom stereocenters. The Morgan fingerprint density at radius 2 is 1.85 bits per heavy atom. The van der Waals surface area contributed by atoms with Crippen LogP contribution in [0.25, 0.3) is 0 Å². The number of hydrogen-bond donors (Lipinski definition) is 1. The fourth-order valence-corrected chi connectivity index (χ4v) is 2.45. The van der Waals surface area contributed by atoms with Gasteiger partial charge in [0.1, 0.15) is 6.61 Å². The fourth-order valence-electron chi connectivity index (χ4n) is 1.93. The number of nitrogens with two attached hydrogens (primary N) is 1. The van der Waals surface area contributed by atoms with Crippen molar-refractivity contribution in [1.82, 2.24) is 0 Å². The average molecular weight is 336 g/mol. The molecule has 0 fully saturated rings. The molecule has 2 aromatic rings. The van der Waals surface area contributed by atoms with E-state index in [0.717, 1.165) is 27.8 Å². The number of benzene rings is 2. The van der Waals surface area contributed by atoms with E-state index in [2.05, 4.69) is 15.9 Å².